The van der Waals surface area contributed by atoms with Crippen molar-refractivity contribution in [2.45, 2.75) is 26.2 Å². The first kappa shape index (κ1) is 37.3. The Balaban J connectivity index is -0.0000000320. The van der Waals surface area contributed by atoms with E-state index in [2.05, 4.69) is 0 Å². The maximum atomic E-state index is 10.4. The Labute approximate surface area is 96.6 Å². The molecular weight excluding hydrogens is 232 g/mol. The van der Waals surface area contributed by atoms with Crippen molar-refractivity contribution in [2.75, 3.05) is 0 Å². The summed E-state index contributed by atoms with van der Waals surface area (Å²) in [5, 5.41) is 9.75. The van der Waals surface area contributed by atoms with Gasteiger partial charge in [-0.25, -0.2) is 0 Å². The summed E-state index contributed by atoms with van der Waals surface area (Å²) < 4.78 is 0. The van der Waals surface area contributed by atoms with E-state index in [1.807, 2.05) is 6.92 Å². The van der Waals surface area contributed by atoms with Crippen LogP contribution in [0.25, 0.3) is 0 Å². The summed E-state index contributed by atoms with van der Waals surface area (Å²) in [6, 6.07) is 0. The number of carboxylic acids is 1. The second-order valence-electron chi connectivity index (χ2n) is 1.84. The van der Waals surface area contributed by atoms with Crippen LogP contribution in [0.15, 0.2) is 0 Å². The molecule has 0 aliphatic rings. The molecular formula is C6H13O7Ti-5. The normalized spacial score (nSPS) is 5.79. The average Bonchev–Trinajstić information content (AvgIpc) is 1.63. The summed E-state index contributed by atoms with van der Waals surface area (Å²) in [5.41, 5.74) is 0. The standard InChI is InChI=1S/C6H10O3.4H2O.Ti/c1-2-3-5(7)4-6(8)9;;;;;/h2-4H2,1H3,(H,8,9);4*1H2;/p-5. The van der Waals surface area contributed by atoms with E-state index < -0.39 is 12.4 Å². The second-order valence-corrected chi connectivity index (χ2v) is 1.84. The average molecular weight is 245 g/mol. The topological polar surface area (TPSA) is 177 Å². The maximum absolute atomic E-state index is 10.4. The van der Waals surface area contributed by atoms with Crippen molar-refractivity contribution < 1.29 is 58.3 Å². The summed E-state index contributed by atoms with van der Waals surface area (Å²) in [7, 11) is 0. The van der Waals surface area contributed by atoms with Gasteiger partial charge < -0.3 is 31.8 Å². The molecule has 0 atom stereocenters. The number of Topliss-reactive ketones (excluding diaryl/α,β-unsaturated/α-hetero) is 1. The second kappa shape index (κ2) is 23.0. The van der Waals surface area contributed by atoms with Gasteiger partial charge >= 0.3 is 0 Å². The molecule has 0 saturated carbocycles. The smallest absolute Gasteiger partial charge is 0.138 e. The summed E-state index contributed by atoms with van der Waals surface area (Å²) in [4.78, 5) is 20.2. The van der Waals surface area contributed by atoms with Gasteiger partial charge in [0.05, 0.1) is 0 Å². The van der Waals surface area contributed by atoms with E-state index in [9.17, 15) is 14.7 Å². The minimum Gasteiger partial charge on any atom is -0.870 e. The minimum absolute atomic E-state index is 0. The van der Waals surface area contributed by atoms with Gasteiger partial charge in [0.25, 0.3) is 0 Å². The number of hydrogen-bond donors (Lipinski definition) is 0. The van der Waals surface area contributed by atoms with Gasteiger partial charge in [-0.15, -0.1) is 0 Å². The number of rotatable bonds is 4. The quantitative estimate of drug-likeness (QED) is 0.439. The Bertz CT molecular complexity index is 127. The molecule has 0 amide bonds. The predicted octanol–water partition coefficient (Wildman–Crippen LogP) is -1.21. The summed E-state index contributed by atoms with van der Waals surface area (Å²) >= 11 is 0. The van der Waals surface area contributed by atoms with Crippen LogP contribution < -0.4 is 5.11 Å². The van der Waals surface area contributed by atoms with Gasteiger partial charge in [0.1, 0.15) is 5.78 Å². The van der Waals surface area contributed by atoms with Crippen molar-refractivity contribution >= 4 is 11.8 Å². The predicted molar refractivity (Wildman–Crippen MR) is 37.3 cm³/mol. The molecule has 0 radical (unpaired) electrons. The zero-order valence-electron chi connectivity index (χ0n) is 7.63. The van der Waals surface area contributed by atoms with Crippen LogP contribution in [-0.4, -0.2) is 33.7 Å². The van der Waals surface area contributed by atoms with Crippen molar-refractivity contribution in [1.82, 2.24) is 0 Å². The van der Waals surface area contributed by atoms with Crippen molar-refractivity contribution in [2.24, 2.45) is 0 Å². The number of carbonyl (C=O) groups excluding carboxylic acids is 2. The first-order valence-electron chi connectivity index (χ1n) is 2.88. The summed E-state index contributed by atoms with van der Waals surface area (Å²) in [6.45, 7) is 1.83. The van der Waals surface area contributed by atoms with Gasteiger partial charge in [0, 0.05) is 40.5 Å². The largest absolute Gasteiger partial charge is 0.870 e. The number of carbonyl (C=O) groups is 2. The molecule has 0 aliphatic heterocycles. The van der Waals surface area contributed by atoms with Crippen LogP contribution in [0.1, 0.15) is 26.2 Å². The molecule has 0 aromatic rings. The summed E-state index contributed by atoms with van der Waals surface area (Å²) in [6.07, 6.45) is 0.605. The first-order chi connectivity index (χ1) is 4.16. The molecule has 4 N–H and O–H groups in total. The fourth-order valence-corrected chi connectivity index (χ4v) is 0.528. The van der Waals surface area contributed by atoms with Gasteiger partial charge in [0.15, 0.2) is 0 Å². The van der Waals surface area contributed by atoms with Crippen LogP contribution in [0.3, 0.4) is 0 Å². The van der Waals surface area contributed by atoms with Crippen LogP contribution in [-0.2, 0) is 31.3 Å². The molecule has 14 heavy (non-hydrogen) atoms. The van der Waals surface area contributed by atoms with Crippen molar-refractivity contribution in [3.63, 3.8) is 0 Å². The Hall–Kier alpha value is -0.306. The van der Waals surface area contributed by atoms with Crippen molar-refractivity contribution in [3.8, 4) is 0 Å². The zero-order chi connectivity index (χ0) is 7.28. The van der Waals surface area contributed by atoms with Crippen LogP contribution >= 0.6 is 0 Å². The number of ketones is 1. The molecule has 0 heterocycles. The van der Waals surface area contributed by atoms with E-state index in [0.717, 1.165) is 0 Å². The Morgan fingerprint density at radius 1 is 1.07 bits per heavy atom. The van der Waals surface area contributed by atoms with Gasteiger partial charge in [-0.05, 0) is 6.42 Å². The Kier molecular flexibility index (Phi) is 61.1. The molecule has 88 valence electrons. The number of hydrogen-bond acceptors (Lipinski definition) is 7. The molecule has 0 aromatic heterocycles. The monoisotopic (exact) mass is 245 g/mol. The molecule has 0 aromatic carbocycles. The molecule has 0 saturated heterocycles. The number of carboxylic acid groups (broad SMARTS) is 1. The van der Waals surface area contributed by atoms with Crippen LogP contribution in [0.2, 0.25) is 0 Å². The van der Waals surface area contributed by atoms with E-state index in [4.69, 9.17) is 0 Å². The molecule has 7 nitrogen and oxygen atoms in total. The number of aliphatic carboxylic acids is 1. The Morgan fingerprint density at radius 3 is 1.64 bits per heavy atom. The van der Waals surface area contributed by atoms with E-state index in [-0.39, 0.29) is 49.4 Å². The van der Waals surface area contributed by atoms with E-state index >= 15 is 0 Å². The SMILES string of the molecule is CCCC(=O)CC(=O)[O-].[OH-].[OH-].[OH-].[OH-].[Ti]. The molecule has 0 rings (SSSR count). The van der Waals surface area contributed by atoms with E-state index in [0.29, 0.717) is 12.8 Å². The van der Waals surface area contributed by atoms with E-state index in [1.165, 1.54) is 0 Å². The third-order valence-corrected chi connectivity index (χ3v) is 0.870. The van der Waals surface area contributed by atoms with Gasteiger partial charge in [0.2, 0.25) is 0 Å². The maximum Gasteiger partial charge on any atom is 0.138 e. The van der Waals surface area contributed by atoms with Crippen LogP contribution in [0.4, 0.5) is 0 Å². The van der Waals surface area contributed by atoms with Gasteiger partial charge in [-0.3, -0.25) is 4.79 Å². The molecule has 0 spiro atoms. The van der Waals surface area contributed by atoms with Crippen LogP contribution in [0.5, 0.6) is 0 Å². The third-order valence-electron chi connectivity index (χ3n) is 0.870. The molecule has 0 bridgehead atoms. The molecule has 8 heteroatoms. The van der Waals surface area contributed by atoms with Gasteiger partial charge in [-0.2, -0.15) is 0 Å². The first-order valence-corrected chi connectivity index (χ1v) is 2.88. The fraction of sp³-hybridized carbons (Fsp3) is 0.667. The zero-order valence-corrected chi connectivity index (χ0v) is 9.20. The van der Waals surface area contributed by atoms with Crippen LogP contribution in [0, 0.1) is 0 Å². The van der Waals surface area contributed by atoms with E-state index in [1.54, 1.807) is 0 Å². The molecule has 0 aliphatic carbocycles. The van der Waals surface area contributed by atoms with Crippen molar-refractivity contribution in [1.29, 1.82) is 0 Å². The molecule has 0 unspecified atom stereocenters. The third kappa shape index (κ3) is 29.8. The fourth-order valence-electron chi connectivity index (χ4n) is 0.528. The Morgan fingerprint density at radius 2 is 1.43 bits per heavy atom. The van der Waals surface area contributed by atoms with Gasteiger partial charge in [-0.1, -0.05) is 6.92 Å². The van der Waals surface area contributed by atoms with Crippen molar-refractivity contribution in [3.05, 3.63) is 0 Å². The minimum atomic E-state index is -1.28. The molecule has 0 fully saturated rings. The summed E-state index contributed by atoms with van der Waals surface area (Å²) in [5.74, 6) is -1.54.